The summed E-state index contributed by atoms with van der Waals surface area (Å²) < 4.78 is 29.9. The van der Waals surface area contributed by atoms with E-state index >= 15 is 0 Å². The first kappa shape index (κ1) is 14.6. The number of phenolic OH excluding ortho intramolecular Hbond substituents is 1. The molecule has 0 radical (unpaired) electrons. The number of fused-ring (bicyclic) bond motifs is 1. The molecule has 0 aliphatic carbocycles. The first-order valence-electron chi connectivity index (χ1n) is 6.70. The van der Waals surface area contributed by atoms with Gasteiger partial charge in [-0.1, -0.05) is 12.1 Å². The minimum atomic E-state index is -3.44. The van der Waals surface area contributed by atoms with Gasteiger partial charge >= 0.3 is 0 Å². The van der Waals surface area contributed by atoms with Gasteiger partial charge in [0.25, 0.3) is 0 Å². The van der Waals surface area contributed by atoms with E-state index < -0.39 is 9.84 Å². The highest BCUT2D eigenvalue weighted by molar-refractivity contribution is 7.95. The van der Waals surface area contributed by atoms with Gasteiger partial charge in [0, 0.05) is 23.1 Å². The Balaban J connectivity index is 1.86. The van der Waals surface area contributed by atoms with Crippen LogP contribution in [-0.4, -0.2) is 20.1 Å². The topological polar surface area (TPSA) is 89.6 Å². The maximum atomic E-state index is 12.2. The van der Waals surface area contributed by atoms with Crippen LogP contribution in [0, 0.1) is 0 Å². The Morgan fingerprint density at radius 2 is 1.82 bits per heavy atom. The normalized spacial score (nSPS) is 15.2. The molecule has 1 aliphatic heterocycles. The maximum absolute atomic E-state index is 12.2. The van der Waals surface area contributed by atoms with Gasteiger partial charge in [0.1, 0.15) is 18.1 Å². The molecule has 2 aromatic rings. The molecule has 0 fully saturated rings. The van der Waals surface area contributed by atoms with Crippen LogP contribution >= 0.6 is 0 Å². The Labute approximate surface area is 128 Å². The van der Waals surface area contributed by atoms with Crippen molar-refractivity contribution in [2.24, 2.45) is 5.73 Å². The van der Waals surface area contributed by atoms with Crippen LogP contribution in [0.4, 0.5) is 0 Å². The van der Waals surface area contributed by atoms with Gasteiger partial charge in [-0.05, 0) is 35.9 Å². The van der Waals surface area contributed by atoms with E-state index in [-0.39, 0.29) is 17.3 Å². The van der Waals surface area contributed by atoms with Gasteiger partial charge in [0.2, 0.25) is 9.84 Å². The number of phenols is 1. The molecule has 1 aliphatic rings. The summed E-state index contributed by atoms with van der Waals surface area (Å²) in [6.45, 7) is 0.432. The molecule has 0 spiro atoms. The monoisotopic (exact) mass is 317 g/mol. The molecule has 0 saturated carbocycles. The molecule has 3 rings (SSSR count). The van der Waals surface area contributed by atoms with Gasteiger partial charge < -0.3 is 15.6 Å². The minimum Gasteiger partial charge on any atom is -0.508 e. The lowest BCUT2D eigenvalue weighted by atomic mass is 10.1. The van der Waals surface area contributed by atoms with Crippen molar-refractivity contribution < 1.29 is 18.3 Å². The minimum absolute atomic E-state index is 0.138. The first-order chi connectivity index (χ1) is 10.5. The summed E-state index contributed by atoms with van der Waals surface area (Å²) in [6, 6.07) is 11.4. The van der Waals surface area contributed by atoms with E-state index in [1.807, 2.05) is 6.07 Å². The Bertz CT molecular complexity index is 839. The van der Waals surface area contributed by atoms with Crippen molar-refractivity contribution in [1.82, 2.24) is 0 Å². The average molecular weight is 317 g/mol. The fraction of sp³-hybridized carbons (Fsp3) is 0.125. The number of hydrogen-bond donors (Lipinski definition) is 2. The molecule has 0 atom stereocenters. The zero-order chi connectivity index (χ0) is 15.7. The second kappa shape index (κ2) is 5.47. The standard InChI is InChI=1S/C16H15NO4S/c17-8-11-1-6-15-12(10-22(19,20)16(15)7-11)9-21-14-4-2-13(18)3-5-14/h1-7,10,18H,8-9,17H2. The summed E-state index contributed by atoms with van der Waals surface area (Å²) >= 11 is 0. The molecule has 0 amide bonds. The summed E-state index contributed by atoms with van der Waals surface area (Å²) in [6.07, 6.45) is 0. The molecule has 22 heavy (non-hydrogen) atoms. The summed E-state index contributed by atoms with van der Waals surface area (Å²) in [7, 11) is -3.44. The van der Waals surface area contributed by atoms with Crippen LogP contribution < -0.4 is 10.5 Å². The smallest absolute Gasteiger partial charge is 0.200 e. The third-order valence-electron chi connectivity index (χ3n) is 3.46. The van der Waals surface area contributed by atoms with Gasteiger partial charge in [0.15, 0.2) is 0 Å². The number of hydrogen-bond acceptors (Lipinski definition) is 5. The second-order valence-corrected chi connectivity index (χ2v) is 6.77. The fourth-order valence-electron chi connectivity index (χ4n) is 2.32. The fourth-order valence-corrected chi connectivity index (χ4v) is 3.84. The number of rotatable bonds is 4. The highest BCUT2D eigenvalue weighted by Gasteiger charge is 2.27. The van der Waals surface area contributed by atoms with Crippen molar-refractivity contribution in [3.63, 3.8) is 0 Å². The molecule has 3 N–H and O–H groups in total. The molecule has 0 unspecified atom stereocenters. The summed E-state index contributed by atoms with van der Waals surface area (Å²) in [4.78, 5) is 0.278. The Morgan fingerprint density at radius 3 is 2.50 bits per heavy atom. The molecule has 114 valence electrons. The van der Waals surface area contributed by atoms with Crippen molar-refractivity contribution >= 4 is 15.4 Å². The van der Waals surface area contributed by atoms with E-state index in [9.17, 15) is 13.5 Å². The molecular weight excluding hydrogens is 302 g/mol. The third-order valence-corrected chi connectivity index (χ3v) is 5.01. The zero-order valence-corrected chi connectivity index (χ0v) is 12.5. The van der Waals surface area contributed by atoms with E-state index in [0.717, 1.165) is 5.56 Å². The molecule has 6 heteroatoms. The number of sulfone groups is 1. The van der Waals surface area contributed by atoms with E-state index in [1.165, 1.54) is 17.5 Å². The van der Waals surface area contributed by atoms with E-state index in [0.29, 0.717) is 23.4 Å². The molecule has 2 aromatic carbocycles. The largest absolute Gasteiger partial charge is 0.508 e. The lowest BCUT2D eigenvalue weighted by molar-refractivity contribution is 0.368. The lowest BCUT2D eigenvalue weighted by Crippen LogP contribution is -2.01. The van der Waals surface area contributed by atoms with Crippen molar-refractivity contribution in [3.05, 3.63) is 59.0 Å². The predicted molar refractivity (Wildman–Crippen MR) is 83.1 cm³/mol. The van der Waals surface area contributed by atoms with Gasteiger partial charge in [-0.15, -0.1) is 0 Å². The average Bonchev–Trinajstić information content (AvgIpc) is 2.77. The molecular formula is C16H15NO4S. The molecule has 1 heterocycles. The van der Waals surface area contributed by atoms with Crippen LogP contribution in [0.2, 0.25) is 0 Å². The van der Waals surface area contributed by atoms with Gasteiger partial charge in [-0.3, -0.25) is 0 Å². The molecule has 0 saturated heterocycles. The van der Waals surface area contributed by atoms with Crippen molar-refractivity contribution in [3.8, 4) is 11.5 Å². The Morgan fingerprint density at radius 1 is 1.09 bits per heavy atom. The molecule has 0 aromatic heterocycles. The van der Waals surface area contributed by atoms with Gasteiger partial charge in [-0.2, -0.15) is 0 Å². The number of nitrogens with two attached hydrogens (primary N) is 1. The van der Waals surface area contributed by atoms with Crippen LogP contribution in [0.3, 0.4) is 0 Å². The van der Waals surface area contributed by atoms with Crippen LogP contribution in [0.25, 0.3) is 5.57 Å². The van der Waals surface area contributed by atoms with Crippen LogP contribution in [0.15, 0.2) is 52.8 Å². The van der Waals surface area contributed by atoms with Crippen LogP contribution in [0.1, 0.15) is 11.1 Å². The van der Waals surface area contributed by atoms with Gasteiger partial charge in [-0.25, -0.2) is 8.42 Å². The summed E-state index contributed by atoms with van der Waals surface area (Å²) in [5, 5.41) is 10.5. The number of benzene rings is 2. The van der Waals surface area contributed by atoms with E-state index in [4.69, 9.17) is 10.5 Å². The highest BCUT2D eigenvalue weighted by atomic mass is 32.2. The van der Waals surface area contributed by atoms with E-state index in [2.05, 4.69) is 0 Å². The van der Waals surface area contributed by atoms with E-state index in [1.54, 1.807) is 24.3 Å². The molecule has 5 nitrogen and oxygen atoms in total. The Hall–Kier alpha value is -2.31. The third kappa shape index (κ3) is 2.70. The second-order valence-electron chi connectivity index (χ2n) is 5.01. The van der Waals surface area contributed by atoms with Crippen LogP contribution in [0.5, 0.6) is 11.5 Å². The van der Waals surface area contributed by atoms with Crippen molar-refractivity contribution in [1.29, 1.82) is 0 Å². The molecule has 0 bridgehead atoms. The highest BCUT2D eigenvalue weighted by Crippen LogP contribution is 2.34. The summed E-state index contributed by atoms with van der Waals surface area (Å²) in [5.41, 5.74) is 7.58. The lowest BCUT2D eigenvalue weighted by Gasteiger charge is -2.08. The number of ether oxygens (including phenoxy) is 1. The zero-order valence-electron chi connectivity index (χ0n) is 11.7. The van der Waals surface area contributed by atoms with Crippen molar-refractivity contribution in [2.75, 3.05) is 6.61 Å². The first-order valence-corrected chi connectivity index (χ1v) is 8.25. The number of aromatic hydroxyl groups is 1. The summed E-state index contributed by atoms with van der Waals surface area (Å²) in [5.74, 6) is 0.706. The SMILES string of the molecule is NCc1ccc2c(c1)S(=O)(=O)C=C2COc1ccc(O)cc1. The van der Waals surface area contributed by atoms with Crippen molar-refractivity contribution in [2.45, 2.75) is 11.4 Å². The Kier molecular flexibility index (Phi) is 3.64. The van der Waals surface area contributed by atoms with Gasteiger partial charge in [0.05, 0.1) is 4.90 Å². The predicted octanol–water partition coefficient (Wildman–Crippen LogP) is 2.06. The van der Waals surface area contributed by atoms with Crippen LogP contribution in [-0.2, 0) is 16.4 Å². The maximum Gasteiger partial charge on any atom is 0.200 e. The quantitative estimate of drug-likeness (QED) is 0.901.